The maximum absolute atomic E-state index is 10.9. The van der Waals surface area contributed by atoms with E-state index >= 15 is 0 Å². The molecule has 0 fully saturated rings. The number of carbonyl (C=O) groups excluding carboxylic acids is 2. The number of ether oxygens (including phenoxy) is 2. The molecule has 0 rings (SSSR count). The molecular formula is C9H18MgO4. The summed E-state index contributed by atoms with van der Waals surface area (Å²) >= 11 is 0. The predicted molar refractivity (Wildman–Crippen MR) is 55.6 cm³/mol. The van der Waals surface area contributed by atoms with E-state index in [0.29, 0.717) is 0 Å². The highest BCUT2D eigenvalue weighted by Gasteiger charge is 2.14. The molecule has 0 aromatic heterocycles. The van der Waals surface area contributed by atoms with Crippen LogP contribution >= 0.6 is 0 Å². The van der Waals surface area contributed by atoms with Crippen molar-refractivity contribution in [2.75, 3.05) is 0 Å². The van der Waals surface area contributed by atoms with Gasteiger partial charge in [0.25, 0.3) is 0 Å². The Labute approximate surface area is 100 Å². The van der Waals surface area contributed by atoms with Crippen LogP contribution in [0.5, 0.6) is 0 Å². The summed E-state index contributed by atoms with van der Waals surface area (Å²) < 4.78 is 9.53. The monoisotopic (exact) mass is 214 g/mol. The maximum atomic E-state index is 10.9. The van der Waals surface area contributed by atoms with Gasteiger partial charge in [-0.15, -0.1) is 0 Å². The highest BCUT2D eigenvalue weighted by atomic mass is 24.3. The molecule has 80 valence electrons. The molecule has 14 heavy (non-hydrogen) atoms. The van der Waals surface area contributed by atoms with Crippen molar-refractivity contribution in [2.24, 2.45) is 0 Å². The summed E-state index contributed by atoms with van der Waals surface area (Å²) in [5.74, 6) is -1.08. The lowest BCUT2D eigenvalue weighted by atomic mass is 10.4. The van der Waals surface area contributed by atoms with E-state index in [9.17, 15) is 9.59 Å². The zero-order chi connectivity index (χ0) is 10.4. The lowest BCUT2D eigenvalue weighted by molar-refractivity contribution is -0.158. The van der Waals surface area contributed by atoms with E-state index in [2.05, 4.69) is 0 Å². The van der Waals surface area contributed by atoms with E-state index in [1.165, 1.54) is 0 Å². The molecule has 5 heteroatoms. The molecule has 4 nitrogen and oxygen atoms in total. The molecule has 0 spiro atoms. The van der Waals surface area contributed by atoms with Crippen molar-refractivity contribution in [2.45, 2.75) is 46.3 Å². The highest BCUT2D eigenvalue weighted by molar-refractivity contribution is 5.91. The first-order chi connectivity index (χ1) is 5.91. The molecule has 0 heterocycles. The molecule has 0 atom stereocenters. The van der Waals surface area contributed by atoms with Gasteiger partial charge in [0.15, 0.2) is 0 Å². The zero-order valence-corrected chi connectivity index (χ0v) is 8.49. The van der Waals surface area contributed by atoms with Crippen LogP contribution < -0.4 is 0 Å². The first-order valence-corrected chi connectivity index (χ1v) is 4.30. The van der Waals surface area contributed by atoms with Gasteiger partial charge in [-0.1, -0.05) is 0 Å². The van der Waals surface area contributed by atoms with Crippen LogP contribution in [0.2, 0.25) is 0 Å². The Morgan fingerprint density at radius 1 is 0.929 bits per heavy atom. The number of hydrogen-bond donors (Lipinski definition) is 0. The molecule has 0 aliphatic carbocycles. The Kier molecular flexibility index (Phi) is 9.29. The van der Waals surface area contributed by atoms with Gasteiger partial charge in [0, 0.05) is 0 Å². The van der Waals surface area contributed by atoms with Gasteiger partial charge >= 0.3 is 35.0 Å². The molecular weight excluding hydrogens is 196 g/mol. The van der Waals surface area contributed by atoms with Crippen LogP contribution in [0.1, 0.15) is 34.1 Å². The van der Waals surface area contributed by atoms with Gasteiger partial charge in [0.05, 0.1) is 12.2 Å². The SMILES string of the molecule is CC(C)OC(=O)CC(=O)OC(C)C.[MgH2]. The van der Waals surface area contributed by atoms with E-state index in [4.69, 9.17) is 9.47 Å². The Bertz CT molecular complexity index is 169. The third-order valence-electron chi connectivity index (χ3n) is 1.02. The molecule has 0 radical (unpaired) electrons. The molecule has 0 N–H and O–H groups in total. The fourth-order valence-corrected chi connectivity index (χ4v) is 0.727. The van der Waals surface area contributed by atoms with E-state index < -0.39 is 11.9 Å². The third-order valence-corrected chi connectivity index (χ3v) is 1.02. The van der Waals surface area contributed by atoms with Crippen LogP contribution in [0, 0.1) is 0 Å². The maximum Gasteiger partial charge on any atom is 0.317 e. The topological polar surface area (TPSA) is 52.6 Å². The number of carbonyl (C=O) groups is 2. The van der Waals surface area contributed by atoms with Gasteiger partial charge in [0.1, 0.15) is 6.42 Å². The zero-order valence-electron chi connectivity index (χ0n) is 8.49. The summed E-state index contributed by atoms with van der Waals surface area (Å²) in [5, 5.41) is 0. The molecule has 0 saturated carbocycles. The van der Waals surface area contributed by atoms with Gasteiger partial charge in [-0.3, -0.25) is 9.59 Å². The second-order valence-corrected chi connectivity index (χ2v) is 3.25. The molecule has 0 aliphatic rings. The second kappa shape index (κ2) is 8.05. The molecule has 0 unspecified atom stereocenters. The smallest absolute Gasteiger partial charge is 0.317 e. The first kappa shape index (κ1) is 16.1. The van der Waals surface area contributed by atoms with Crippen molar-refractivity contribution in [3.8, 4) is 0 Å². The van der Waals surface area contributed by atoms with Crippen molar-refractivity contribution >= 4 is 35.0 Å². The van der Waals surface area contributed by atoms with Gasteiger partial charge < -0.3 is 9.47 Å². The Balaban J connectivity index is 0. The van der Waals surface area contributed by atoms with E-state index in [1.54, 1.807) is 27.7 Å². The predicted octanol–water partition coefficient (Wildman–Crippen LogP) is 0.363. The van der Waals surface area contributed by atoms with Crippen LogP contribution in [0.4, 0.5) is 0 Å². The summed E-state index contributed by atoms with van der Waals surface area (Å²) in [6, 6.07) is 0. The Hall–Kier alpha value is -0.294. The lowest BCUT2D eigenvalue weighted by Gasteiger charge is -2.09. The number of hydrogen-bond acceptors (Lipinski definition) is 4. The summed E-state index contributed by atoms with van der Waals surface area (Å²) in [5.41, 5.74) is 0. The van der Waals surface area contributed by atoms with Gasteiger partial charge in [0.2, 0.25) is 0 Å². The van der Waals surface area contributed by atoms with Crippen molar-refractivity contribution in [3.05, 3.63) is 0 Å². The second-order valence-electron chi connectivity index (χ2n) is 3.25. The Morgan fingerprint density at radius 3 is 1.43 bits per heavy atom. The van der Waals surface area contributed by atoms with Crippen molar-refractivity contribution in [3.63, 3.8) is 0 Å². The van der Waals surface area contributed by atoms with E-state index in [0.717, 1.165) is 0 Å². The normalized spacial score (nSPS) is 9.57. The molecule has 0 saturated heterocycles. The fraction of sp³-hybridized carbons (Fsp3) is 0.778. The van der Waals surface area contributed by atoms with Crippen molar-refractivity contribution in [1.29, 1.82) is 0 Å². The van der Waals surface area contributed by atoms with Crippen molar-refractivity contribution in [1.82, 2.24) is 0 Å². The minimum Gasteiger partial charge on any atom is -0.463 e. The van der Waals surface area contributed by atoms with Gasteiger partial charge in [-0.2, -0.15) is 0 Å². The molecule has 0 amide bonds. The van der Waals surface area contributed by atoms with Crippen LogP contribution in [0.3, 0.4) is 0 Å². The van der Waals surface area contributed by atoms with Crippen LogP contribution in [0.25, 0.3) is 0 Å². The van der Waals surface area contributed by atoms with Crippen LogP contribution in [0.15, 0.2) is 0 Å². The van der Waals surface area contributed by atoms with Crippen LogP contribution in [-0.4, -0.2) is 47.2 Å². The van der Waals surface area contributed by atoms with Crippen LogP contribution in [-0.2, 0) is 19.1 Å². The quantitative estimate of drug-likeness (QED) is 0.385. The minimum absolute atomic E-state index is 0. The number of esters is 2. The largest absolute Gasteiger partial charge is 0.463 e. The first-order valence-electron chi connectivity index (χ1n) is 4.30. The van der Waals surface area contributed by atoms with Crippen molar-refractivity contribution < 1.29 is 19.1 Å². The third kappa shape index (κ3) is 9.79. The van der Waals surface area contributed by atoms with E-state index in [1.807, 2.05) is 0 Å². The lowest BCUT2D eigenvalue weighted by Crippen LogP contribution is -2.19. The summed E-state index contributed by atoms with van der Waals surface area (Å²) in [4.78, 5) is 21.8. The van der Waals surface area contributed by atoms with Gasteiger partial charge in [-0.25, -0.2) is 0 Å². The summed E-state index contributed by atoms with van der Waals surface area (Å²) in [7, 11) is 0. The average Bonchev–Trinajstić information content (AvgIpc) is 1.80. The molecule has 0 bridgehead atoms. The summed E-state index contributed by atoms with van der Waals surface area (Å²) in [6.45, 7) is 6.91. The molecule has 0 aromatic carbocycles. The summed E-state index contributed by atoms with van der Waals surface area (Å²) in [6.07, 6.45) is -0.699. The fourth-order valence-electron chi connectivity index (χ4n) is 0.727. The number of rotatable bonds is 4. The average molecular weight is 215 g/mol. The standard InChI is InChI=1S/C9H16O4.Mg.2H/c1-6(2)12-8(10)5-9(11)13-7(3)4;;;/h6-7H,5H2,1-4H3;;;. The highest BCUT2D eigenvalue weighted by Crippen LogP contribution is 1.97. The molecule has 0 aliphatic heterocycles. The molecule has 0 aromatic rings. The Morgan fingerprint density at radius 2 is 1.21 bits per heavy atom. The minimum atomic E-state index is -0.541. The van der Waals surface area contributed by atoms with E-state index in [-0.39, 0.29) is 41.7 Å². The van der Waals surface area contributed by atoms with Gasteiger partial charge in [-0.05, 0) is 27.7 Å².